The SMILES string of the molecule is O=C(CCn1cc([N+](=O)[O-])cn1)N1CCC(F)(C(=O)O)C1. The Kier molecular flexibility index (Phi) is 3.87. The Morgan fingerprint density at radius 3 is 2.81 bits per heavy atom. The van der Waals surface area contributed by atoms with Crippen LogP contribution >= 0.6 is 0 Å². The summed E-state index contributed by atoms with van der Waals surface area (Å²) in [5.74, 6) is -1.98. The van der Waals surface area contributed by atoms with Crippen molar-refractivity contribution in [3.63, 3.8) is 0 Å². The Bertz CT molecular complexity index is 589. The molecule has 0 saturated carbocycles. The van der Waals surface area contributed by atoms with Crippen molar-refractivity contribution in [2.45, 2.75) is 25.1 Å². The van der Waals surface area contributed by atoms with Gasteiger partial charge in [-0.05, 0) is 0 Å². The van der Waals surface area contributed by atoms with E-state index in [9.17, 15) is 24.1 Å². The van der Waals surface area contributed by atoms with E-state index in [0.29, 0.717) is 0 Å². The van der Waals surface area contributed by atoms with E-state index in [1.807, 2.05) is 0 Å². The van der Waals surface area contributed by atoms with Crippen molar-refractivity contribution in [3.8, 4) is 0 Å². The largest absolute Gasteiger partial charge is 0.479 e. The number of hydrogen-bond donors (Lipinski definition) is 1. The molecule has 0 spiro atoms. The molecule has 0 aliphatic carbocycles. The molecule has 1 aromatic rings. The van der Waals surface area contributed by atoms with Crippen molar-refractivity contribution in [1.29, 1.82) is 0 Å². The summed E-state index contributed by atoms with van der Waals surface area (Å²) < 4.78 is 15.1. The maximum atomic E-state index is 13.8. The molecular weight excluding hydrogens is 287 g/mol. The van der Waals surface area contributed by atoms with Crippen molar-refractivity contribution in [2.24, 2.45) is 0 Å². The van der Waals surface area contributed by atoms with Crippen LogP contribution in [0.25, 0.3) is 0 Å². The lowest BCUT2D eigenvalue weighted by Gasteiger charge is -2.17. The lowest BCUT2D eigenvalue weighted by atomic mass is 10.1. The van der Waals surface area contributed by atoms with E-state index in [-0.39, 0.29) is 31.6 Å². The molecule has 0 radical (unpaired) electrons. The number of carbonyl (C=O) groups excluding carboxylic acids is 1. The van der Waals surface area contributed by atoms with Crippen LogP contribution in [0.3, 0.4) is 0 Å². The van der Waals surface area contributed by atoms with E-state index >= 15 is 0 Å². The maximum Gasteiger partial charge on any atom is 0.343 e. The molecule has 1 aliphatic rings. The fraction of sp³-hybridized carbons (Fsp3) is 0.545. The molecular formula is C11H13FN4O5. The lowest BCUT2D eigenvalue weighted by Crippen LogP contribution is -2.39. The molecule has 9 nitrogen and oxygen atoms in total. The zero-order valence-electron chi connectivity index (χ0n) is 10.9. The second kappa shape index (κ2) is 5.46. The Labute approximate surface area is 118 Å². The normalized spacial score (nSPS) is 21.5. The number of carboxylic acids is 1. The lowest BCUT2D eigenvalue weighted by molar-refractivity contribution is -0.385. The van der Waals surface area contributed by atoms with E-state index in [2.05, 4.69) is 5.10 Å². The molecule has 114 valence electrons. The molecule has 1 aromatic heterocycles. The monoisotopic (exact) mass is 300 g/mol. The standard InChI is InChI=1S/C11H13FN4O5/c12-11(10(18)19)2-4-14(7-11)9(17)1-3-15-6-8(5-13-15)16(20)21/h5-6H,1-4,7H2,(H,18,19). The number of halogens is 1. The summed E-state index contributed by atoms with van der Waals surface area (Å²) in [6.45, 7) is -0.323. The first kappa shape index (κ1) is 14.9. The summed E-state index contributed by atoms with van der Waals surface area (Å²) in [4.78, 5) is 33.6. The molecule has 1 saturated heterocycles. The second-order valence-electron chi connectivity index (χ2n) is 4.80. The number of aryl methyl sites for hydroxylation is 1. The number of aromatic nitrogens is 2. The number of hydrogen-bond acceptors (Lipinski definition) is 5. The van der Waals surface area contributed by atoms with Crippen molar-refractivity contribution in [3.05, 3.63) is 22.5 Å². The Morgan fingerprint density at radius 1 is 1.57 bits per heavy atom. The van der Waals surface area contributed by atoms with Crippen LogP contribution < -0.4 is 0 Å². The molecule has 1 unspecified atom stereocenters. The van der Waals surface area contributed by atoms with Crippen LogP contribution in [0.2, 0.25) is 0 Å². The second-order valence-corrected chi connectivity index (χ2v) is 4.80. The van der Waals surface area contributed by atoms with Crippen molar-refractivity contribution in [1.82, 2.24) is 14.7 Å². The minimum Gasteiger partial charge on any atom is -0.479 e. The van der Waals surface area contributed by atoms with Crippen molar-refractivity contribution < 1.29 is 24.0 Å². The zero-order valence-corrected chi connectivity index (χ0v) is 10.9. The summed E-state index contributed by atoms with van der Waals surface area (Å²) in [5.41, 5.74) is -2.57. The van der Waals surface area contributed by atoms with Gasteiger partial charge in [0.1, 0.15) is 12.4 Å². The molecule has 0 bridgehead atoms. The van der Waals surface area contributed by atoms with Gasteiger partial charge in [-0.1, -0.05) is 0 Å². The Hall–Kier alpha value is -2.52. The van der Waals surface area contributed by atoms with Gasteiger partial charge in [-0.15, -0.1) is 0 Å². The van der Waals surface area contributed by atoms with Crippen LogP contribution in [-0.4, -0.2) is 55.3 Å². The van der Waals surface area contributed by atoms with Crippen LogP contribution in [0.15, 0.2) is 12.4 Å². The number of alkyl halides is 1. The van der Waals surface area contributed by atoms with Gasteiger partial charge >= 0.3 is 11.7 Å². The summed E-state index contributed by atoms with van der Waals surface area (Å²) in [5, 5.41) is 22.9. The smallest absolute Gasteiger partial charge is 0.343 e. The number of carbonyl (C=O) groups is 2. The first-order valence-corrected chi connectivity index (χ1v) is 6.19. The first-order valence-electron chi connectivity index (χ1n) is 6.19. The highest BCUT2D eigenvalue weighted by molar-refractivity contribution is 5.82. The molecule has 0 aromatic carbocycles. The number of amides is 1. The predicted octanol–water partition coefficient (Wildman–Crippen LogP) is 0.207. The fourth-order valence-electron chi connectivity index (χ4n) is 2.10. The molecule has 1 amide bonds. The van der Waals surface area contributed by atoms with Gasteiger partial charge in [-0.25, -0.2) is 9.18 Å². The van der Waals surface area contributed by atoms with Gasteiger partial charge in [0.25, 0.3) is 0 Å². The quantitative estimate of drug-likeness (QED) is 0.613. The van der Waals surface area contributed by atoms with E-state index in [1.54, 1.807) is 0 Å². The average Bonchev–Trinajstić information content (AvgIpc) is 3.03. The van der Waals surface area contributed by atoms with Gasteiger partial charge in [-0.3, -0.25) is 19.6 Å². The topological polar surface area (TPSA) is 119 Å². The van der Waals surface area contributed by atoms with Crippen LogP contribution in [-0.2, 0) is 16.1 Å². The van der Waals surface area contributed by atoms with Gasteiger partial charge in [-0.2, -0.15) is 5.10 Å². The third-order valence-electron chi connectivity index (χ3n) is 3.34. The summed E-state index contributed by atoms with van der Waals surface area (Å²) >= 11 is 0. The molecule has 2 heterocycles. The Morgan fingerprint density at radius 2 is 2.29 bits per heavy atom. The molecule has 1 N–H and O–H groups in total. The highest BCUT2D eigenvalue weighted by Gasteiger charge is 2.46. The van der Waals surface area contributed by atoms with Crippen molar-refractivity contribution in [2.75, 3.05) is 13.1 Å². The van der Waals surface area contributed by atoms with E-state index in [1.165, 1.54) is 10.9 Å². The fourth-order valence-corrected chi connectivity index (χ4v) is 2.10. The van der Waals surface area contributed by atoms with E-state index < -0.39 is 29.0 Å². The van der Waals surface area contributed by atoms with E-state index in [4.69, 9.17) is 5.11 Å². The average molecular weight is 300 g/mol. The van der Waals surface area contributed by atoms with Gasteiger partial charge in [0, 0.05) is 25.9 Å². The molecule has 1 fully saturated rings. The predicted molar refractivity (Wildman–Crippen MR) is 66.2 cm³/mol. The first-order chi connectivity index (χ1) is 9.82. The van der Waals surface area contributed by atoms with Gasteiger partial charge < -0.3 is 10.0 Å². The number of likely N-dealkylation sites (tertiary alicyclic amines) is 1. The zero-order chi connectivity index (χ0) is 15.6. The van der Waals surface area contributed by atoms with Gasteiger partial charge in [0.15, 0.2) is 0 Å². The van der Waals surface area contributed by atoms with Crippen LogP contribution in [0.1, 0.15) is 12.8 Å². The van der Waals surface area contributed by atoms with Crippen LogP contribution in [0.5, 0.6) is 0 Å². The molecule has 21 heavy (non-hydrogen) atoms. The van der Waals surface area contributed by atoms with E-state index in [0.717, 1.165) is 11.1 Å². The third-order valence-corrected chi connectivity index (χ3v) is 3.34. The summed E-state index contributed by atoms with van der Waals surface area (Å²) in [6.07, 6.45) is 1.99. The third kappa shape index (κ3) is 3.15. The summed E-state index contributed by atoms with van der Waals surface area (Å²) in [6, 6.07) is 0. The number of nitrogens with zero attached hydrogens (tertiary/aromatic N) is 4. The highest BCUT2D eigenvalue weighted by atomic mass is 19.1. The molecule has 10 heteroatoms. The number of nitro groups is 1. The van der Waals surface area contributed by atoms with Crippen LogP contribution in [0, 0.1) is 10.1 Å². The summed E-state index contributed by atoms with van der Waals surface area (Å²) in [7, 11) is 0. The highest BCUT2D eigenvalue weighted by Crippen LogP contribution is 2.26. The number of rotatable bonds is 5. The molecule has 1 aliphatic heterocycles. The van der Waals surface area contributed by atoms with Crippen LogP contribution in [0.4, 0.5) is 10.1 Å². The molecule has 1 atom stereocenters. The number of aliphatic carboxylic acids is 1. The van der Waals surface area contributed by atoms with Gasteiger partial charge in [0.05, 0.1) is 11.5 Å². The van der Waals surface area contributed by atoms with Crippen molar-refractivity contribution >= 4 is 17.6 Å². The number of carboxylic acid groups (broad SMARTS) is 1. The minimum atomic E-state index is -2.39. The van der Waals surface area contributed by atoms with Gasteiger partial charge in [0.2, 0.25) is 11.6 Å². The Balaban J connectivity index is 1.88. The maximum absolute atomic E-state index is 13.8. The molecule has 2 rings (SSSR count). The minimum absolute atomic E-state index is 0.0332.